The molecule has 0 bridgehead atoms. The first kappa shape index (κ1) is 18.1. The molecule has 0 saturated carbocycles. The maximum absolute atomic E-state index is 5.97. The van der Waals surface area contributed by atoms with Crippen LogP contribution in [0.25, 0.3) is 0 Å². The Kier molecular flexibility index (Phi) is 7.74. The second-order valence-corrected chi connectivity index (χ2v) is 6.23. The van der Waals surface area contributed by atoms with Crippen molar-refractivity contribution < 1.29 is 4.74 Å². The number of benzene rings is 1. The third kappa shape index (κ3) is 6.83. The molecule has 0 amide bonds. The molecule has 1 aromatic carbocycles. The van der Waals surface area contributed by atoms with Crippen molar-refractivity contribution in [3.63, 3.8) is 0 Å². The van der Waals surface area contributed by atoms with Crippen molar-refractivity contribution in [1.82, 2.24) is 15.6 Å². The van der Waals surface area contributed by atoms with Crippen LogP contribution in [0.3, 0.4) is 0 Å². The van der Waals surface area contributed by atoms with Gasteiger partial charge < -0.3 is 10.1 Å². The molecule has 1 saturated heterocycles. The monoisotopic (exact) mass is 354 g/mol. The molecule has 1 fully saturated rings. The van der Waals surface area contributed by atoms with Gasteiger partial charge >= 0.3 is 0 Å². The van der Waals surface area contributed by atoms with E-state index in [0.29, 0.717) is 10.1 Å². The van der Waals surface area contributed by atoms with Crippen LogP contribution in [0.2, 0.25) is 5.02 Å². The number of hydrazone groups is 1. The van der Waals surface area contributed by atoms with Crippen LogP contribution < -0.4 is 10.7 Å². The minimum atomic E-state index is 0.536. The minimum Gasteiger partial charge on any atom is -0.379 e. The van der Waals surface area contributed by atoms with Crippen LogP contribution in [-0.2, 0) is 4.74 Å². The Labute approximate surface area is 148 Å². The molecule has 1 aromatic rings. The highest BCUT2D eigenvalue weighted by molar-refractivity contribution is 7.80. The zero-order valence-corrected chi connectivity index (χ0v) is 14.9. The van der Waals surface area contributed by atoms with Gasteiger partial charge in [-0.25, -0.2) is 0 Å². The SMILES string of the molecule is C/C(=N/NC(=S)NCCCN1CCOCC1)c1cccc(Cl)c1. The third-order valence-corrected chi connectivity index (χ3v) is 4.08. The van der Waals surface area contributed by atoms with Crippen LogP contribution in [0.5, 0.6) is 0 Å². The molecular formula is C16H23ClN4OS. The zero-order chi connectivity index (χ0) is 16.5. The summed E-state index contributed by atoms with van der Waals surface area (Å²) in [6.07, 6.45) is 1.04. The highest BCUT2D eigenvalue weighted by Crippen LogP contribution is 2.11. The van der Waals surface area contributed by atoms with Crippen LogP contribution in [0.4, 0.5) is 0 Å². The Balaban J connectivity index is 1.65. The first-order valence-electron chi connectivity index (χ1n) is 7.79. The summed E-state index contributed by atoms with van der Waals surface area (Å²) in [6.45, 7) is 7.52. The molecule has 1 aliphatic heterocycles. The quantitative estimate of drug-likeness (QED) is 0.355. The number of ether oxygens (including phenoxy) is 1. The van der Waals surface area contributed by atoms with Crippen molar-refractivity contribution in [3.05, 3.63) is 34.9 Å². The first-order valence-corrected chi connectivity index (χ1v) is 8.58. The Bertz CT molecular complexity index is 547. The van der Waals surface area contributed by atoms with Gasteiger partial charge in [0.25, 0.3) is 0 Å². The average Bonchev–Trinajstić information content (AvgIpc) is 2.57. The topological polar surface area (TPSA) is 48.9 Å². The summed E-state index contributed by atoms with van der Waals surface area (Å²) in [5, 5.41) is 8.68. The van der Waals surface area contributed by atoms with E-state index in [1.807, 2.05) is 31.2 Å². The summed E-state index contributed by atoms with van der Waals surface area (Å²) in [5.74, 6) is 0. The lowest BCUT2D eigenvalue weighted by atomic mass is 10.1. The highest BCUT2D eigenvalue weighted by Gasteiger charge is 2.09. The Morgan fingerprint density at radius 1 is 1.39 bits per heavy atom. The van der Waals surface area contributed by atoms with Crippen molar-refractivity contribution >= 4 is 34.6 Å². The van der Waals surface area contributed by atoms with Gasteiger partial charge in [0, 0.05) is 24.7 Å². The van der Waals surface area contributed by atoms with E-state index in [-0.39, 0.29) is 0 Å². The summed E-state index contributed by atoms with van der Waals surface area (Å²) in [6, 6.07) is 7.58. The van der Waals surface area contributed by atoms with Gasteiger partial charge in [0.2, 0.25) is 0 Å². The van der Waals surface area contributed by atoms with Gasteiger partial charge in [-0.1, -0.05) is 23.7 Å². The number of hydrogen-bond donors (Lipinski definition) is 2. The van der Waals surface area contributed by atoms with E-state index < -0.39 is 0 Å². The maximum Gasteiger partial charge on any atom is 0.186 e. The summed E-state index contributed by atoms with van der Waals surface area (Å²) < 4.78 is 5.33. The molecule has 5 nitrogen and oxygen atoms in total. The van der Waals surface area contributed by atoms with Gasteiger partial charge in [0.05, 0.1) is 18.9 Å². The fourth-order valence-electron chi connectivity index (χ4n) is 2.28. The Morgan fingerprint density at radius 2 is 2.17 bits per heavy atom. The summed E-state index contributed by atoms with van der Waals surface area (Å²) in [4.78, 5) is 2.41. The van der Waals surface area contributed by atoms with Gasteiger partial charge in [0.15, 0.2) is 5.11 Å². The fraction of sp³-hybridized carbons (Fsp3) is 0.500. The highest BCUT2D eigenvalue weighted by atomic mass is 35.5. The summed E-state index contributed by atoms with van der Waals surface area (Å²) in [5.41, 5.74) is 4.68. The molecule has 7 heteroatoms. The third-order valence-electron chi connectivity index (χ3n) is 3.61. The largest absolute Gasteiger partial charge is 0.379 e. The number of thiocarbonyl (C=S) groups is 1. The molecule has 23 heavy (non-hydrogen) atoms. The van der Waals surface area contributed by atoms with Crippen LogP contribution in [0, 0.1) is 0 Å². The van der Waals surface area contributed by atoms with Crippen molar-refractivity contribution in [2.75, 3.05) is 39.4 Å². The van der Waals surface area contributed by atoms with E-state index in [9.17, 15) is 0 Å². The molecule has 0 spiro atoms. The summed E-state index contributed by atoms with van der Waals surface area (Å²) in [7, 11) is 0. The molecule has 1 heterocycles. The Morgan fingerprint density at radius 3 is 2.91 bits per heavy atom. The van der Waals surface area contributed by atoms with Crippen molar-refractivity contribution in [1.29, 1.82) is 0 Å². The van der Waals surface area contributed by atoms with E-state index in [4.69, 9.17) is 28.6 Å². The molecule has 0 unspecified atom stereocenters. The average molecular weight is 355 g/mol. The van der Waals surface area contributed by atoms with E-state index in [1.54, 1.807) is 0 Å². The van der Waals surface area contributed by atoms with Crippen LogP contribution in [0.15, 0.2) is 29.4 Å². The molecule has 0 radical (unpaired) electrons. The second-order valence-electron chi connectivity index (χ2n) is 5.38. The van der Waals surface area contributed by atoms with Crippen molar-refractivity contribution in [3.8, 4) is 0 Å². The number of halogens is 1. The van der Waals surface area contributed by atoms with Gasteiger partial charge in [-0.3, -0.25) is 10.3 Å². The zero-order valence-electron chi connectivity index (χ0n) is 13.3. The fourth-order valence-corrected chi connectivity index (χ4v) is 2.62. The molecule has 0 aromatic heterocycles. The van der Waals surface area contributed by atoms with E-state index in [2.05, 4.69) is 20.7 Å². The predicted octanol–water partition coefficient (Wildman–Crippen LogP) is 2.25. The standard InChI is InChI=1S/C16H23ClN4OS/c1-13(14-4-2-5-15(17)12-14)19-20-16(23)18-6-3-7-21-8-10-22-11-9-21/h2,4-5,12H,3,6-11H2,1H3,(H2,18,20,23)/b19-13-. The smallest absolute Gasteiger partial charge is 0.186 e. The number of rotatable bonds is 6. The molecule has 0 atom stereocenters. The molecule has 0 aliphatic carbocycles. The predicted molar refractivity (Wildman–Crippen MR) is 99.3 cm³/mol. The van der Waals surface area contributed by atoms with Gasteiger partial charge in [0.1, 0.15) is 0 Å². The van der Waals surface area contributed by atoms with Crippen molar-refractivity contribution in [2.45, 2.75) is 13.3 Å². The molecule has 1 aliphatic rings. The Hall–Kier alpha value is -1.21. The van der Waals surface area contributed by atoms with Crippen molar-refractivity contribution in [2.24, 2.45) is 5.10 Å². The second kappa shape index (κ2) is 9.82. The minimum absolute atomic E-state index is 0.536. The van der Waals surface area contributed by atoms with Gasteiger partial charge in [-0.05, 0) is 49.8 Å². The van der Waals surface area contributed by atoms with Crippen LogP contribution in [-0.4, -0.2) is 55.1 Å². The summed E-state index contributed by atoms with van der Waals surface area (Å²) >= 11 is 11.2. The van der Waals surface area contributed by atoms with E-state index in [0.717, 1.165) is 57.1 Å². The maximum atomic E-state index is 5.97. The molecular weight excluding hydrogens is 332 g/mol. The number of hydrogen-bond acceptors (Lipinski definition) is 4. The first-order chi connectivity index (χ1) is 11.1. The molecule has 2 N–H and O–H groups in total. The number of nitrogens with zero attached hydrogens (tertiary/aromatic N) is 2. The van der Waals surface area contributed by atoms with Gasteiger partial charge in [-0.2, -0.15) is 5.10 Å². The van der Waals surface area contributed by atoms with Gasteiger partial charge in [-0.15, -0.1) is 0 Å². The van der Waals surface area contributed by atoms with E-state index >= 15 is 0 Å². The van der Waals surface area contributed by atoms with Crippen LogP contribution in [0.1, 0.15) is 18.9 Å². The lowest BCUT2D eigenvalue weighted by molar-refractivity contribution is 0.0376. The number of morpholine rings is 1. The molecule has 126 valence electrons. The molecule has 2 rings (SSSR count). The van der Waals surface area contributed by atoms with Crippen LogP contribution >= 0.6 is 23.8 Å². The van der Waals surface area contributed by atoms with E-state index in [1.165, 1.54) is 0 Å². The lowest BCUT2D eigenvalue weighted by Crippen LogP contribution is -2.39. The normalized spacial score (nSPS) is 16.2. The number of nitrogens with one attached hydrogen (secondary N) is 2. The lowest BCUT2D eigenvalue weighted by Gasteiger charge is -2.26.